The Morgan fingerprint density at radius 2 is 1.89 bits per heavy atom. The molecule has 0 unspecified atom stereocenters. The highest BCUT2D eigenvalue weighted by atomic mass is 32.2. The smallest absolute Gasteiger partial charge is 0.326 e. The highest BCUT2D eigenvalue weighted by Crippen LogP contribution is 2.25. The molecule has 0 radical (unpaired) electrons. The summed E-state index contributed by atoms with van der Waals surface area (Å²) in [6, 6.07) is -0.731. The number of thioether (sulfide) groups is 1. The zero-order valence-electron chi connectivity index (χ0n) is 11.7. The highest BCUT2D eigenvalue weighted by Gasteiger charge is 2.22. The van der Waals surface area contributed by atoms with Crippen LogP contribution < -0.4 is 5.32 Å². The minimum Gasteiger partial charge on any atom is -0.480 e. The van der Waals surface area contributed by atoms with Crippen LogP contribution in [0.5, 0.6) is 0 Å². The van der Waals surface area contributed by atoms with Gasteiger partial charge in [0.1, 0.15) is 6.04 Å². The molecule has 5 heteroatoms. The Hall–Kier alpha value is -0.710. The van der Waals surface area contributed by atoms with Gasteiger partial charge in [-0.25, -0.2) is 4.79 Å². The predicted molar refractivity (Wildman–Crippen MR) is 78.4 cm³/mol. The molecule has 1 aliphatic carbocycles. The summed E-state index contributed by atoms with van der Waals surface area (Å²) in [5.74, 6) is 0.168. The van der Waals surface area contributed by atoms with Crippen LogP contribution in [0.25, 0.3) is 0 Å². The summed E-state index contributed by atoms with van der Waals surface area (Å²) < 4.78 is 0. The Morgan fingerprint density at radius 1 is 1.26 bits per heavy atom. The second-order valence-corrected chi connectivity index (χ2v) is 6.29. The first kappa shape index (κ1) is 16.3. The van der Waals surface area contributed by atoms with Gasteiger partial charge in [-0.05, 0) is 37.2 Å². The van der Waals surface area contributed by atoms with Crippen molar-refractivity contribution >= 4 is 23.6 Å². The predicted octanol–water partition coefficient (Wildman–Crippen LogP) is 2.67. The van der Waals surface area contributed by atoms with Crippen LogP contribution in [0.2, 0.25) is 0 Å². The summed E-state index contributed by atoms with van der Waals surface area (Å²) >= 11 is 1.60. The fourth-order valence-electron chi connectivity index (χ4n) is 2.58. The van der Waals surface area contributed by atoms with Crippen LogP contribution in [-0.4, -0.2) is 35.0 Å². The number of rotatable bonds is 7. The molecular weight excluding hydrogens is 262 g/mol. The van der Waals surface area contributed by atoms with Gasteiger partial charge in [0.25, 0.3) is 0 Å². The highest BCUT2D eigenvalue weighted by molar-refractivity contribution is 7.98. The topological polar surface area (TPSA) is 66.4 Å². The summed E-state index contributed by atoms with van der Waals surface area (Å²) in [7, 11) is 0. The van der Waals surface area contributed by atoms with Gasteiger partial charge >= 0.3 is 5.97 Å². The first-order chi connectivity index (χ1) is 9.13. The normalized spacial score (nSPS) is 18.6. The fourth-order valence-corrected chi connectivity index (χ4v) is 3.05. The maximum Gasteiger partial charge on any atom is 0.326 e. The lowest BCUT2D eigenvalue weighted by Gasteiger charge is -2.17. The molecule has 0 aromatic rings. The van der Waals surface area contributed by atoms with Crippen LogP contribution in [0.15, 0.2) is 0 Å². The van der Waals surface area contributed by atoms with E-state index in [0.717, 1.165) is 18.6 Å². The Morgan fingerprint density at radius 3 is 2.42 bits per heavy atom. The quantitative estimate of drug-likeness (QED) is 0.707. The lowest BCUT2D eigenvalue weighted by molar-refractivity contribution is -0.142. The molecule has 4 nitrogen and oxygen atoms in total. The zero-order valence-corrected chi connectivity index (χ0v) is 12.5. The van der Waals surface area contributed by atoms with E-state index < -0.39 is 12.0 Å². The van der Waals surface area contributed by atoms with E-state index in [1.807, 2.05) is 6.26 Å². The van der Waals surface area contributed by atoms with Crippen LogP contribution in [0, 0.1) is 5.92 Å². The van der Waals surface area contributed by atoms with Crippen molar-refractivity contribution in [2.75, 3.05) is 12.0 Å². The van der Waals surface area contributed by atoms with Gasteiger partial charge in [0, 0.05) is 6.42 Å². The Kier molecular flexibility index (Phi) is 7.94. The summed E-state index contributed by atoms with van der Waals surface area (Å²) in [5.41, 5.74) is 0. The number of carbonyl (C=O) groups excluding carboxylic acids is 1. The molecule has 19 heavy (non-hydrogen) atoms. The van der Waals surface area contributed by atoms with E-state index in [4.69, 9.17) is 5.11 Å². The molecule has 0 aromatic carbocycles. The van der Waals surface area contributed by atoms with Gasteiger partial charge in [-0.15, -0.1) is 0 Å². The summed E-state index contributed by atoms with van der Waals surface area (Å²) in [6.07, 6.45) is 10.1. The number of hydrogen-bond donors (Lipinski definition) is 2. The van der Waals surface area contributed by atoms with Gasteiger partial charge in [-0.1, -0.05) is 25.7 Å². The van der Waals surface area contributed by atoms with Crippen molar-refractivity contribution in [2.24, 2.45) is 5.92 Å². The average molecular weight is 287 g/mol. The Bertz CT molecular complexity index is 288. The van der Waals surface area contributed by atoms with E-state index in [1.54, 1.807) is 11.8 Å². The largest absolute Gasteiger partial charge is 0.480 e. The monoisotopic (exact) mass is 287 g/mol. The molecule has 0 saturated heterocycles. The van der Waals surface area contributed by atoms with E-state index in [-0.39, 0.29) is 5.91 Å². The van der Waals surface area contributed by atoms with Crippen molar-refractivity contribution in [3.05, 3.63) is 0 Å². The lowest BCUT2D eigenvalue weighted by Crippen LogP contribution is -2.41. The maximum absolute atomic E-state index is 11.9. The Balaban J connectivity index is 2.36. The van der Waals surface area contributed by atoms with Crippen molar-refractivity contribution < 1.29 is 14.7 Å². The standard InChI is InChI=1S/C14H25NO3S/c1-19-9-8-12(14(17)18)15-13(16)10-11-6-4-2-3-5-7-11/h11-12H,2-10H2,1H3,(H,15,16)(H,17,18)/t12-/m0/s1. The number of nitrogens with one attached hydrogen (secondary N) is 1. The number of aliphatic carboxylic acids is 1. The van der Waals surface area contributed by atoms with Crippen molar-refractivity contribution in [1.82, 2.24) is 5.32 Å². The van der Waals surface area contributed by atoms with Crippen molar-refractivity contribution in [1.29, 1.82) is 0 Å². The first-order valence-corrected chi connectivity index (χ1v) is 8.54. The molecule has 0 spiro atoms. The van der Waals surface area contributed by atoms with Crippen molar-refractivity contribution in [2.45, 2.75) is 57.4 Å². The lowest BCUT2D eigenvalue weighted by atomic mass is 9.96. The van der Waals surface area contributed by atoms with Gasteiger partial charge < -0.3 is 10.4 Å². The fraction of sp³-hybridized carbons (Fsp3) is 0.857. The number of amides is 1. The second-order valence-electron chi connectivity index (χ2n) is 5.30. The molecule has 1 saturated carbocycles. The maximum atomic E-state index is 11.9. The third-order valence-corrected chi connectivity index (χ3v) is 4.34. The van der Waals surface area contributed by atoms with Crippen molar-refractivity contribution in [3.8, 4) is 0 Å². The van der Waals surface area contributed by atoms with Crippen LogP contribution >= 0.6 is 11.8 Å². The van der Waals surface area contributed by atoms with Gasteiger partial charge in [0.05, 0.1) is 0 Å². The summed E-state index contributed by atoms with van der Waals surface area (Å²) in [5, 5.41) is 11.7. The van der Waals surface area contributed by atoms with E-state index in [9.17, 15) is 9.59 Å². The van der Waals surface area contributed by atoms with E-state index in [0.29, 0.717) is 18.8 Å². The number of carboxylic acids is 1. The molecule has 1 atom stereocenters. The molecule has 110 valence electrons. The molecule has 0 heterocycles. The van der Waals surface area contributed by atoms with Crippen LogP contribution in [0.3, 0.4) is 0 Å². The number of carboxylic acid groups (broad SMARTS) is 1. The molecule has 1 fully saturated rings. The minimum absolute atomic E-state index is 0.0968. The first-order valence-electron chi connectivity index (χ1n) is 7.14. The van der Waals surface area contributed by atoms with Gasteiger partial charge in [-0.3, -0.25) is 4.79 Å². The van der Waals surface area contributed by atoms with E-state index >= 15 is 0 Å². The number of hydrogen-bond acceptors (Lipinski definition) is 3. The van der Waals surface area contributed by atoms with E-state index in [2.05, 4.69) is 5.32 Å². The number of carbonyl (C=O) groups is 2. The van der Waals surface area contributed by atoms with Gasteiger partial charge in [0.2, 0.25) is 5.91 Å². The third-order valence-electron chi connectivity index (χ3n) is 3.69. The zero-order chi connectivity index (χ0) is 14.1. The molecule has 0 aliphatic heterocycles. The third kappa shape index (κ3) is 6.85. The Labute approximate surface area is 119 Å². The van der Waals surface area contributed by atoms with Gasteiger partial charge in [0.15, 0.2) is 0 Å². The van der Waals surface area contributed by atoms with Crippen molar-refractivity contribution in [3.63, 3.8) is 0 Å². The molecule has 2 N–H and O–H groups in total. The molecule has 0 aromatic heterocycles. The molecule has 1 aliphatic rings. The van der Waals surface area contributed by atoms with E-state index in [1.165, 1.54) is 25.7 Å². The van der Waals surface area contributed by atoms with Crippen LogP contribution in [0.1, 0.15) is 51.4 Å². The average Bonchev–Trinajstić information content (AvgIpc) is 2.62. The summed E-state index contributed by atoms with van der Waals surface area (Å²) in [4.78, 5) is 23.0. The SMILES string of the molecule is CSCC[C@H](NC(=O)CC1CCCCCC1)C(=O)O. The summed E-state index contributed by atoms with van der Waals surface area (Å²) in [6.45, 7) is 0. The van der Waals surface area contributed by atoms with Crippen LogP contribution in [0.4, 0.5) is 0 Å². The van der Waals surface area contributed by atoms with Gasteiger partial charge in [-0.2, -0.15) is 11.8 Å². The molecule has 0 bridgehead atoms. The molecule has 1 amide bonds. The minimum atomic E-state index is -0.928. The second kappa shape index (κ2) is 9.23. The molecule has 1 rings (SSSR count). The van der Waals surface area contributed by atoms with Crippen LogP contribution in [-0.2, 0) is 9.59 Å². The molecular formula is C14H25NO3S.